The molecule has 0 saturated carbocycles. The first-order valence-electron chi connectivity index (χ1n) is 17.2. The number of benzene rings is 6. The standard InChI is InChI=1S/C47H35N3/c1-31-13-11-12-28-49(35-26-24-33(25-27-35)29-32-20-22-34(30-48)23-21-32)45-41(31)42-37-16-7-9-18-39(37)47(2,3)44(42)46-43(45)38-17-8-10-19-40(38)50(46)36-14-5-4-6-15-36/h4-28H,1,29H2,2-3H3/b13-11-,28-12-. The van der Waals surface area contributed by atoms with E-state index >= 15 is 0 Å². The van der Waals surface area contributed by atoms with E-state index in [1.807, 2.05) is 24.3 Å². The lowest BCUT2D eigenvalue weighted by Gasteiger charge is -2.31. The topological polar surface area (TPSA) is 32.0 Å². The number of rotatable bonds is 4. The van der Waals surface area contributed by atoms with Crippen LogP contribution in [-0.2, 0) is 11.8 Å². The maximum Gasteiger partial charge on any atom is 0.0991 e. The van der Waals surface area contributed by atoms with Crippen LogP contribution in [0.1, 0.15) is 47.2 Å². The van der Waals surface area contributed by atoms with Gasteiger partial charge in [0.1, 0.15) is 0 Å². The molecule has 7 aromatic rings. The van der Waals surface area contributed by atoms with Crippen LogP contribution in [0.25, 0.3) is 44.2 Å². The minimum absolute atomic E-state index is 0.250. The molecular formula is C47H35N3. The van der Waals surface area contributed by atoms with Gasteiger partial charge in [-0.25, -0.2) is 0 Å². The summed E-state index contributed by atoms with van der Waals surface area (Å²) in [6, 6.07) is 47.5. The summed E-state index contributed by atoms with van der Waals surface area (Å²) in [5.74, 6) is 0. The van der Waals surface area contributed by atoms with E-state index in [1.54, 1.807) is 0 Å². The minimum atomic E-state index is -0.250. The fraction of sp³-hybridized carbons (Fsp3) is 0.0851. The second kappa shape index (κ2) is 11.4. The van der Waals surface area contributed by atoms with E-state index < -0.39 is 0 Å². The average Bonchev–Trinajstić information content (AvgIpc) is 3.60. The van der Waals surface area contributed by atoms with Crippen LogP contribution in [0.15, 0.2) is 158 Å². The number of fused-ring (bicyclic) bond motifs is 10. The van der Waals surface area contributed by atoms with Crippen molar-refractivity contribution in [3.8, 4) is 22.9 Å². The first kappa shape index (κ1) is 29.7. The number of hydrogen-bond donors (Lipinski definition) is 0. The Morgan fingerprint density at radius 3 is 2.14 bits per heavy atom. The maximum absolute atomic E-state index is 9.23. The van der Waals surface area contributed by atoms with Crippen LogP contribution >= 0.6 is 0 Å². The number of aromatic nitrogens is 1. The zero-order chi connectivity index (χ0) is 34.0. The molecule has 0 fully saturated rings. The second-order valence-corrected chi connectivity index (χ2v) is 13.8. The first-order chi connectivity index (χ1) is 24.5. The van der Waals surface area contributed by atoms with Gasteiger partial charge >= 0.3 is 0 Å². The molecule has 0 saturated heterocycles. The van der Waals surface area contributed by atoms with Crippen LogP contribution in [0.3, 0.4) is 0 Å². The summed E-state index contributed by atoms with van der Waals surface area (Å²) in [4.78, 5) is 2.37. The van der Waals surface area contributed by atoms with Gasteiger partial charge in [-0.2, -0.15) is 5.26 Å². The molecule has 6 aromatic carbocycles. The van der Waals surface area contributed by atoms with Crippen molar-refractivity contribution in [2.75, 3.05) is 4.90 Å². The van der Waals surface area contributed by atoms with E-state index in [9.17, 15) is 5.26 Å². The molecule has 9 rings (SSSR count). The van der Waals surface area contributed by atoms with Gasteiger partial charge in [0.05, 0.1) is 28.4 Å². The third kappa shape index (κ3) is 4.42. The fourth-order valence-electron chi connectivity index (χ4n) is 8.25. The molecular weight excluding hydrogens is 607 g/mol. The number of hydrogen-bond acceptors (Lipinski definition) is 2. The highest BCUT2D eigenvalue weighted by molar-refractivity contribution is 6.23. The molecule has 1 aliphatic carbocycles. The largest absolute Gasteiger partial charge is 0.316 e. The molecule has 2 aliphatic rings. The summed E-state index contributed by atoms with van der Waals surface area (Å²) in [6.45, 7) is 9.49. The Kier molecular flexibility index (Phi) is 6.76. The lowest BCUT2D eigenvalue weighted by molar-refractivity contribution is 0.664. The second-order valence-electron chi connectivity index (χ2n) is 13.8. The molecule has 0 bridgehead atoms. The summed E-state index contributed by atoms with van der Waals surface area (Å²) < 4.78 is 2.48. The predicted molar refractivity (Wildman–Crippen MR) is 208 cm³/mol. The van der Waals surface area contributed by atoms with Gasteiger partial charge in [-0.3, -0.25) is 0 Å². The average molecular weight is 642 g/mol. The minimum Gasteiger partial charge on any atom is -0.316 e. The van der Waals surface area contributed by atoms with Crippen LogP contribution in [-0.4, -0.2) is 4.57 Å². The van der Waals surface area contributed by atoms with Crippen molar-refractivity contribution in [3.05, 3.63) is 192 Å². The van der Waals surface area contributed by atoms with Crippen LogP contribution in [0, 0.1) is 11.3 Å². The van der Waals surface area contributed by atoms with Crippen LogP contribution in [0.2, 0.25) is 0 Å². The van der Waals surface area contributed by atoms with Gasteiger partial charge in [0.2, 0.25) is 0 Å². The highest BCUT2D eigenvalue weighted by atomic mass is 15.1. The zero-order valence-corrected chi connectivity index (χ0v) is 28.2. The molecule has 1 aliphatic heterocycles. The normalized spacial score (nSPS) is 15.5. The van der Waals surface area contributed by atoms with Crippen LogP contribution < -0.4 is 4.90 Å². The van der Waals surface area contributed by atoms with Gasteiger partial charge in [0.15, 0.2) is 0 Å². The molecule has 0 N–H and O–H groups in total. The monoisotopic (exact) mass is 641 g/mol. The molecule has 2 heterocycles. The van der Waals surface area contributed by atoms with Gasteiger partial charge in [-0.05, 0) is 93.9 Å². The van der Waals surface area contributed by atoms with Crippen LogP contribution in [0.4, 0.5) is 11.4 Å². The first-order valence-corrected chi connectivity index (χ1v) is 17.2. The summed E-state index contributed by atoms with van der Waals surface area (Å²) in [7, 11) is 0. The molecule has 238 valence electrons. The van der Waals surface area contributed by atoms with Gasteiger partial charge in [-0.15, -0.1) is 0 Å². The molecule has 0 spiro atoms. The summed E-state index contributed by atoms with van der Waals surface area (Å²) in [5, 5.41) is 11.7. The summed E-state index contributed by atoms with van der Waals surface area (Å²) in [5.41, 5.74) is 16.0. The Morgan fingerprint density at radius 1 is 0.700 bits per heavy atom. The van der Waals surface area contributed by atoms with Crippen molar-refractivity contribution in [3.63, 3.8) is 0 Å². The quantitative estimate of drug-likeness (QED) is 0.192. The summed E-state index contributed by atoms with van der Waals surface area (Å²) >= 11 is 0. The molecule has 50 heavy (non-hydrogen) atoms. The Balaban J connectivity index is 1.37. The number of para-hydroxylation sites is 2. The number of allylic oxidation sites excluding steroid dienone is 4. The van der Waals surface area contributed by atoms with Gasteiger partial charge in [0.25, 0.3) is 0 Å². The van der Waals surface area contributed by atoms with E-state index in [2.05, 4.69) is 157 Å². The van der Waals surface area contributed by atoms with Crippen molar-refractivity contribution >= 4 is 38.8 Å². The highest BCUT2D eigenvalue weighted by Gasteiger charge is 2.42. The van der Waals surface area contributed by atoms with Gasteiger partial charge in [0, 0.05) is 39.3 Å². The van der Waals surface area contributed by atoms with Crippen molar-refractivity contribution in [1.82, 2.24) is 4.57 Å². The Labute approximate surface area is 293 Å². The van der Waals surface area contributed by atoms with Crippen LogP contribution in [0.5, 0.6) is 0 Å². The molecule has 3 nitrogen and oxygen atoms in total. The molecule has 0 atom stereocenters. The number of anilines is 2. The van der Waals surface area contributed by atoms with Crippen molar-refractivity contribution in [2.45, 2.75) is 25.7 Å². The summed E-state index contributed by atoms with van der Waals surface area (Å²) in [6.07, 6.45) is 9.37. The number of nitriles is 1. The number of nitrogens with zero attached hydrogens (tertiary/aromatic N) is 3. The van der Waals surface area contributed by atoms with Gasteiger partial charge in [-0.1, -0.05) is 118 Å². The molecule has 0 radical (unpaired) electrons. The Morgan fingerprint density at radius 2 is 1.38 bits per heavy atom. The maximum atomic E-state index is 9.23. The molecule has 0 unspecified atom stereocenters. The smallest absolute Gasteiger partial charge is 0.0991 e. The highest BCUT2D eigenvalue weighted by Crippen LogP contribution is 2.59. The Hall–Kier alpha value is -6.37. The third-order valence-corrected chi connectivity index (χ3v) is 10.5. The van der Waals surface area contributed by atoms with Crippen molar-refractivity contribution in [2.24, 2.45) is 0 Å². The third-order valence-electron chi connectivity index (χ3n) is 10.5. The predicted octanol–water partition coefficient (Wildman–Crippen LogP) is 11.8. The SMILES string of the molecule is C=C1/C=C\C=C/N(c2ccc(Cc3ccc(C#N)cc3)cc2)c2c1c1c(c3c2c2ccccc2n3-c2ccccc2)C(C)(C)c2ccccc2-1. The Bertz CT molecular complexity index is 2590. The fourth-order valence-corrected chi connectivity index (χ4v) is 8.25. The lowest BCUT2D eigenvalue weighted by Crippen LogP contribution is -2.18. The van der Waals surface area contributed by atoms with E-state index in [1.165, 1.54) is 60.8 Å². The van der Waals surface area contributed by atoms with E-state index in [4.69, 9.17) is 6.58 Å². The van der Waals surface area contributed by atoms with Crippen molar-refractivity contribution in [1.29, 1.82) is 5.26 Å². The van der Waals surface area contributed by atoms with Crippen molar-refractivity contribution < 1.29 is 0 Å². The molecule has 0 amide bonds. The zero-order valence-electron chi connectivity index (χ0n) is 28.2. The molecule has 3 heteroatoms. The lowest BCUT2D eigenvalue weighted by atomic mass is 9.79. The van der Waals surface area contributed by atoms with E-state index in [-0.39, 0.29) is 5.41 Å². The molecule has 1 aromatic heterocycles. The van der Waals surface area contributed by atoms with E-state index in [0.717, 1.165) is 29.1 Å². The van der Waals surface area contributed by atoms with E-state index in [0.29, 0.717) is 5.56 Å². The van der Waals surface area contributed by atoms with Gasteiger partial charge < -0.3 is 9.47 Å².